The third kappa shape index (κ3) is 3.70. The van der Waals surface area contributed by atoms with Gasteiger partial charge in [-0.05, 0) is 35.9 Å². The molecule has 2 aromatic heterocycles. The van der Waals surface area contributed by atoms with Gasteiger partial charge in [0.15, 0.2) is 5.58 Å². The number of anilines is 1. The van der Waals surface area contributed by atoms with E-state index in [1.807, 2.05) is 0 Å². The molecule has 0 saturated heterocycles. The summed E-state index contributed by atoms with van der Waals surface area (Å²) in [4.78, 5) is 12.8. The van der Waals surface area contributed by atoms with Crippen molar-refractivity contribution in [3.8, 4) is 0 Å². The number of nitrogens with one attached hydrogen (secondary N) is 1. The maximum atomic E-state index is 13.5. The summed E-state index contributed by atoms with van der Waals surface area (Å²) in [5, 5.41) is 3.62. The summed E-state index contributed by atoms with van der Waals surface area (Å²) in [5.41, 5.74) is 2.90. The first-order valence-electron chi connectivity index (χ1n) is 8.08. The van der Waals surface area contributed by atoms with Gasteiger partial charge in [0.2, 0.25) is 0 Å². The van der Waals surface area contributed by atoms with E-state index in [9.17, 15) is 9.18 Å². The minimum Gasteiger partial charge on any atom is -0.463 e. The van der Waals surface area contributed by atoms with Gasteiger partial charge in [0.25, 0.3) is 5.91 Å². The molecule has 2 aromatic carbocycles. The summed E-state index contributed by atoms with van der Waals surface area (Å²) >= 11 is 12.0. The monoisotopic (exact) mass is 402 g/mol. The number of hydrogen-bond acceptors (Lipinski definition) is 2. The zero-order valence-corrected chi connectivity index (χ0v) is 15.4. The molecular weight excluding hydrogens is 390 g/mol. The number of benzene rings is 2. The van der Waals surface area contributed by atoms with Gasteiger partial charge in [-0.15, -0.1) is 0 Å². The quantitative estimate of drug-likeness (QED) is 0.456. The van der Waals surface area contributed by atoms with E-state index in [0.717, 1.165) is 11.1 Å². The van der Waals surface area contributed by atoms with Crippen LogP contribution in [0, 0.1) is 5.82 Å². The lowest BCUT2D eigenvalue weighted by atomic mass is 10.2. The lowest BCUT2D eigenvalue weighted by molar-refractivity contribution is 0.101. The summed E-state index contributed by atoms with van der Waals surface area (Å²) in [5.74, 6) is -0.682. The molecule has 0 bridgehead atoms. The van der Waals surface area contributed by atoms with Gasteiger partial charge in [-0.1, -0.05) is 35.3 Å². The molecule has 7 heteroatoms. The van der Waals surface area contributed by atoms with Gasteiger partial charge in [-0.2, -0.15) is 0 Å². The van der Waals surface area contributed by atoms with Crippen LogP contribution >= 0.6 is 23.2 Å². The second-order valence-electron chi connectivity index (χ2n) is 6.03. The van der Waals surface area contributed by atoms with Crippen molar-refractivity contribution in [2.24, 2.45) is 0 Å². The Balaban J connectivity index is 1.70. The molecule has 1 amide bonds. The van der Waals surface area contributed by atoms with Crippen LogP contribution in [0.4, 0.5) is 10.1 Å². The van der Waals surface area contributed by atoms with Crippen molar-refractivity contribution in [1.82, 2.24) is 4.57 Å². The van der Waals surface area contributed by atoms with Gasteiger partial charge in [0, 0.05) is 34.4 Å². The highest BCUT2D eigenvalue weighted by Gasteiger charge is 2.18. The number of aromatic nitrogens is 1. The van der Waals surface area contributed by atoms with Crippen molar-refractivity contribution >= 4 is 45.9 Å². The predicted molar refractivity (Wildman–Crippen MR) is 104 cm³/mol. The fourth-order valence-electron chi connectivity index (χ4n) is 2.97. The Morgan fingerprint density at radius 3 is 2.59 bits per heavy atom. The fraction of sp³-hybridized carbons (Fsp3) is 0.0500. The molecule has 4 nitrogen and oxygen atoms in total. The van der Waals surface area contributed by atoms with Gasteiger partial charge < -0.3 is 14.3 Å². The van der Waals surface area contributed by atoms with Crippen molar-refractivity contribution in [3.05, 3.63) is 88.0 Å². The number of fused-ring (bicyclic) bond motifs is 1. The first-order valence-corrected chi connectivity index (χ1v) is 8.84. The van der Waals surface area contributed by atoms with Gasteiger partial charge in [-0.25, -0.2) is 4.39 Å². The molecule has 0 unspecified atom stereocenters. The SMILES string of the molecule is O=C(Nc1cc(Cl)cc(Cl)c1)c1cc2occc2n1Cc1cccc(F)c1. The zero-order valence-electron chi connectivity index (χ0n) is 13.9. The van der Waals surface area contributed by atoms with E-state index >= 15 is 0 Å². The van der Waals surface area contributed by atoms with Crippen LogP contribution < -0.4 is 5.32 Å². The second kappa shape index (κ2) is 7.10. The maximum absolute atomic E-state index is 13.5. The molecule has 27 heavy (non-hydrogen) atoms. The Kier molecular flexibility index (Phi) is 4.64. The van der Waals surface area contributed by atoms with Gasteiger partial charge >= 0.3 is 0 Å². The normalized spacial score (nSPS) is 11.1. The standard InChI is InChI=1S/C20H13Cl2FN2O2/c21-13-7-14(22)9-16(8-13)24-20(26)18-10-19-17(4-5-27-19)25(18)11-12-2-1-3-15(23)6-12/h1-10H,11H2,(H,24,26). The van der Waals surface area contributed by atoms with Crippen molar-refractivity contribution in [3.63, 3.8) is 0 Å². The van der Waals surface area contributed by atoms with E-state index in [1.165, 1.54) is 12.1 Å². The molecule has 0 radical (unpaired) electrons. The van der Waals surface area contributed by atoms with Crippen LogP contribution in [0.3, 0.4) is 0 Å². The second-order valence-corrected chi connectivity index (χ2v) is 6.90. The number of carbonyl (C=O) groups excluding carboxylic acids is 1. The molecule has 0 saturated carbocycles. The van der Waals surface area contributed by atoms with Crippen LogP contribution in [0.25, 0.3) is 11.1 Å². The number of amides is 1. The van der Waals surface area contributed by atoms with Crippen molar-refractivity contribution in [2.45, 2.75) is 6.54 Å². The van der Waals surface area contributed by atoms with Crippen LogP contribution in [0.1, 0.15) is 16.1 Å². The highest BCUT2D eigenvalue weighted by Crippen LogP contribution is 2.26. The fourth-order valence-corrected chi connectivity index (χ4v) is 3.50. The van der Waals surface area contributed by atoms with Crippen molar-refractivity contribution in [2.75, 3.05) is 5.32 Å². The Morgan fingerprint density at radius 1 is 1.07 bits per heavy atom. The van der Waals surface area contributed by atoms with E-state index in [4.69, 9.17) is 27.6 Å². The molecule has 0 aliphatic carbocycles. The van der Waals surface area contributed by atoms with Crippen LogP contribution in [0.5, 0.6) is 0 Å². The van der Waals surface area contributed by atoms with Gasteiger partial charge in [-0.3, -0.25) is 4.79 Å². The molecule has 4 aromatic rings. The molecule has 0 aliphatic heterocycles. The van der Waals surface area contributed by atoms with Gasteiger partial charge in [0.1, 0.15) is 11.5 Å². The molecule has 1 N–H and O–H groups in total. The van der Waals surface area contributed by atoms with E-state index in [-0.39, 0.29) is 11.7 Å². The predicted octanol–water partition coefficient (Wildman–Crippen LogP) is 5.98. The number of nitrogens with zero attached hydrogens (tertiary/aromatic N) is 1. The Morgan fingerprint density at radius 2 is 1.85 bits per heavy atom. The first kappa shape index (κ1) is 17.6. The van der Waals surface area contributed by atoms with Crippen molar-refractivity contribution < 1.29 is 13.6 Å². The summed E-state index contributed by atoms with van der Waals surface area (Å²) in [6.07, 6.45) is 1.55. The van der Waals surface area contributed by atoms with Crippen LogP contribution in [0.15, 0.2) is 65.3 Å². The molecule has 0 spiro atoms. The van der Waals surface area contributed by atoms with Gasteiger partial charge in [0.05, 0.1) is 11.8 Å². The molecule has 4 rings (SSSR count). The minimum absolute atomic E-state index is 0.319. The largest absolute Gasteiger partial charge is 0.463 e. The molecule has 2 heterocycles. The third-order valence-electron chi connectivity index (χ3n) is 4.11. The highest BCUT2D eigenvalue weighted by atomic mass is 35.5. The topological polar surface area (TPSA) is 47.2 Å². The zero-order chi connectivity index (χ0) is 19.0. The molecule has 0 atom stereocenters. The molecular formula is C20H13Cl2FN2O2. The summed E-state index contributed by atoms with van der Waals surface area (Å²) in [6, 6.07) is 14.5. The van der Waals surface area contributed by atoms with Crippen LogP contribution in [-0.2, 0) is 6.54 Å². The summed E-state index contributed by atoms with van der Waals surface area (Å²) < 4.78 is 20.7. The Hall–Kier alpha value is -2.76. The number of furan rings is 1. The molecule has 136 valence electrons. The minimum atomic E-state index is -0.351. The van der Waals surface area contributed by atoms with Crippen molar-refractivity contribution in [1.29, 1.82) is 0 Å². The lowest BCUT2D eigenvalue weighted by Crippen LogP contribution is -2.17. The van der Waals surface area contributed by atoms with E-state index < -0.39 is 0 Å². The van der Waals surface area contributed by atoms with Crippen LogP contribution in [0.2, 0.25) is 10.0 Å². The number of hydrogen-bond donors (Lipinski definition) is 1. The summed E-state index contributed by atoms with van der Waals surface area (Å²) in [7, 11) is 0. The highest BCUT2D eigenvalue weighted by molar-refractivity contribution is 6.35. The van der Waals surface area contributed by atoms with E-state index in [0.29, 0.717) is 33.6 Å². The average molecular weight is 403 g/mol. The Bertz CT molecular complexity index is 1130. The number of carbonyl (C=O) groups is 1. The number of rotatable bonds is 4. The molecule has 0 aliphatic rings. The maximum Gasteiger partial charge on any atom is 0.272 e. The third-order valence-corrected chi connectivity index (χ3v) is 4.54. The summed E-state index contributed by atoms with van der Waals surface area (Å²) in [6.45, 7) is 0.319. The van der Waals surface area contributed by atoms with E-state index in [1.54, 1.807) is 53.3 Å². The number of halogens is 3. The lowest BCUT2D eigenvalue weighted by Gasteiger charge is -2.11. The first-order chi connectivity index (χ1) is 13.0. The van der Waals surface area contributed by atoms with E-state index in [2.05, 4.69) is 5.32 Å². The average Bonchev–Trinajstić information content (AvgIpc) is 3.16. The Labute approximate surface area is 164 Å². The van der Waals surface area contributed by atoms with Crippen LogP contribution in [-0.4, -0.2) is 10.5 Å². The smallest absolute Gasteiger partial charge is 0.272 e. The molecule has 0 fully saturated rings.